The minimum atomic E-state index is -0.362. The summed E-state index contributed by atoms with van der Waals surface area (Å²) in [5.41, 5.74) is 0.234. The molecule has 4 aromatic rings. The van der Waals surface area contributed by atoms with Gasteiger partial charge < -0.3 is 9.15 Å². The normalized spacial score (nSPS) is 11.7. The molecule has 0 aliphatic heterocycles. The van der Waals surface area contributed by atoms with Crippen molar-refractivity contribution in [3.8, 4) is 5.75 Å². The number of hydrogen-bond donors (Lipinski definition) is 0. The lowest BCUT2D eigenvalue weighted by Gasteiger charge is -2.14. The second-order valence-corrected chi connectivity index (χ2v) is 5.46. The van der Waals surface area contributed by atoms with Crippen LogP contribution in [0.25, 0.3) is 32.5 Å². The van der Waals surface area contributed by atoms with Crippen LogP contribution in [0.5, 0.6) is 5.75 Å². The topological polar surface area (TPSA) is 39.4 Å². The van der Waals surface area contributed by atoms with Gasteiger partial charge in [0.15, 0.2) is 0 Å². The standard InChI is InChI=1S/C16H9BrO3/c1-19-16-9-4-2-3-8-5-6-11-14(13(8)9)10(15(16)17)7-12(18)20-11/h2-7H,1H3. The van der Waals surface area contributed by atoms with Crippen molar-refractivity contribution >= 4 is 48.4 Å². The van der Waals surface area contributed by atoms with Gasteiger partial charge >= 0.3 is 5.63 Å². The van der Waals surface area contributed by atoms with Crippen LogP contribution in [0.2, 0.25) is 0 Å². The van der Waals surface area contributed by atoms with Crippen molar-refractivity contribution in [2.75, 3.05) is 7.11 Å². The molecule has 20 heavy (non-hydrogen) atoms. The van der Waals surface area contributed by atoms with Crippen LogP contribution < -0.4 is 10.4 Å². The maximum Gasteiger partial charge on any atom is 0.336 e. The van der Waals surface area contributed by atoms with E-state index >= 15 is 0 Å². The second-order valence-electron chi connectivity index (χ2n) is 4.67. The zero-order valence-corrected chi connectivity index (χ0v) is 12.2. The number of halogens is 1. The smallest absolute Gasteiger partial charge is 0.336 e. The van der Waals surface area contributed by atoms with Crippen molar-refractivity contribution in [2.24, 2.45) is 0 Å². The first-order valence-electron chi connectivity index (χ1n) is 6.15. The lowest BCUT2D eigenvalue weighted by Crippen LogP contribution is -1.99. The number of hydrogen-bond acceptors (Lipinski definition) is 3. The predicted octanol–water partition coefficient (Wildman–Crippen LogP) is 4.31. The second kappa shape index (κ2) is 3.96. The van der Waals surface area contributed by atoms with Gasteiger partial charge in [0, 0.05) is 27.6 Å². The van der Waals surface area contributed by atoms with E-state index in [1.165, 1.54) is 6.07 Å². The summed E-state index contributed by atoms with van der Waals surface area (Å²) in [6.07, 6.45) is 0. The van der Waals surface area contributed by atoms with E-state index in [9.17, 15) is 4.79 Å². The molecule has 0 aliphatic carbocycles. The van der Waals surface area contributed by atoms with Crippen molar-refractivity contribution in [1.29, 1.82) is 0 Å². The Labute approximate surface area is 122 Å². The van der Waals surface area contributed by atoms with Crippen molar-refractivity contribution in [3.05, 3.63) is 51.3 Å². The van der Waals surface area contributed by atoms with Gasteiger partial charge in [-0.1, -0.05) is 24.3 Å². The summed E-state index contributed by atoms with van der Waals surface area (Å²) in [6, 6.07) is 11.3. The molecule has 1 heterocycles. The number of rotatable bonds is 1. The highest BCUT2D eigenvalue weighted by Gasteiger charge is 2.18. The maximum absolute atomic E-state index is 11.7. The molecule has 0 N–H and O–H groups in total. The Morgan fingerprint density at radius 3 is 2.75 bits per heavy atom. The Morgan fingerprint density at radius 1 is 1.10 bits per heavy atom. The summed E-state index contributed by atoms with van der Waals surface area (Å²) in [5.74, 6) is 0.737. The Bertz CT molecular complexity index is 1020. The number of benzene rings is 3. The molecule has 0 unspecified atom stereocenters. The van der Waals surface area contributed by atoms with Crippen LogP contribution in [0, 0.1) is 0 Å². The minimum absolute atomic E-state index is 0.362. The van der Waals surface area contributed by atoms with Crippen LogP contribution in [0.15, 0.2) is 50.1 Å². The zero-order chi connectivity index (χ0) is 13.9. The van der Waals surface area contributed by atoms with E-state index in [2.05, 4.69) is 15.9 Å². The number of ether oxygens (including phenoxy) is 1. The van der Waals surface area contributed by atoms with Gasteiger partial charge in [0.05, 0.1) is 11.6 Å². The van der Waals surface area contributed by atoms with Gasteiger partial charge in [-0.2, -0.15) is 0 Å². The third-order valence-corrected chi connectivity index (χ3v) is 4.42. The Hall–Kier alpha value is -2.07. The third kappa shape index (κ3) is 1.37. The van der Waals surface area contributed by atoms with Gasteiger partial charge in [0.25, 0.3) is 0 Å². The molecule has 0 radical (unpaired) electrons. The summed E-state index contributed by atoms with van der Waals surface area (Å²) in [7, 11) is 1.63. The SMILES string of the molecule is COc1c(Br)c2cc(=O)oc3ccc4cccc1c4c32. The van der Waals surface area contributed by atoms with E-state index in [1.54, 1.807) is 7.11 Å². The van der Waals surface area contributed by atoms with Crippen LogP contribution >= 0.6 is 15.9 Å². The van der Waals surface area contributed by atoms with Crippen molar-refractivity contribution in [2.45, 2.75) is 0 Å². The predicted molar refractivity (Wildman–Crippen MR) is 82.9 cm³/mol. The quantitative estimate of drug-likeness (QED) is 0.386. The molecule has 1 aromatic heterocycles. The van der Waals surface area contributed by atoms with Crippen molar-refractivity contribution in [1.82, 2.24) is 0 Å². The largest absolute Gasteiger partial charge is 0.495 e. The molecule has 4 rings (SSSR count). The summed E-state index contributed by atoms with van der Waals surface area (Å²) >= 11 is 3.55. The van der Waals surface area contributed by atoms with E-state index in [4.69, 9.17) is 9.15 Å². The molecule has 3 nitrogen and oxygen atoms in total. The summed E-state index contributed by atoms with van der Waals surface area (Å²) in [5, 5.41) is 4.93. The molecule has 0 amide bonds. The molecular weight excluding hydrogens is 320 g/mol. The van der Waals surface area contributed by atoms with Gasteiger partial charge in [-0.05, 0) is 27.4 Å². The molecule has 98 valence electrons. The fourth-order valence-electron chi connectivity index (χ4n) is 2.84. The molecule has 0 atom stereocenters. The molecule has 4 heteroatoms. The maximum atomic E-state index is 11.7. The van der Waals surface area contributed by atoms with Crippen LogP contribution in [0.4, 0.5) is 0 Å². The molecule has 0 saturated heterocycles. The molecule has 3 aromatic carbocycles. The molecule has 0 bridgehead atoms. The monoisotopic (exact) mass is 328 g/mol. The molecule has 0 spiro atoms. The van der Waals surface area contributed by atoms with Gasteiger partial charge in [0.1, 0.15) is 11.3 Å². The van der Waals surface area contributed by atoms with E-state index < -0.39 is 0 Å². The van der Waals surface area contributed by atoms with E-state index in [0.717, 1.165) is 37.2 Å². The first-order valence-corrected chi connectivity index (χ1v) is 6.94. The van der Waals surface area contributed by atoms with E-state index in [1.807, 2.05) is 30.3 Å². The Kier molecular flexibility index (Phi) is 2.32. The Morgan fingerprint density at radius 2 is 1.95 bits per heavy atom. The first-order chi connectivity index (χ1) is 9.70. The lowest BCUT2D eigenvalue weighted by molar-refractivity contribution is 0.418. The number of methoxy groups -OCH3 is 1. The summed E-state index contributed by atoms with van der Waals surface area (Å²) in [4.78, 5) is 11.7. The highest BCUT2D eigenvalue weighted by atomic mass is 79.9. The van der Waals surface area contributed by atoms with E-state index in [-0.39, 0.29) is 5.63 Å². The third-order valence-electron chi connectivity index (χ3n) is 3.63. The summed E-state index contributed by atoms with van der Waals surface area (Å²) in [6.45, 7) is 0. The molecule has 0 saturated carbocycles. The van der Waals surface area contributed by atoms with Gasteiger partial charge in [-0.25, -0.2) is 4.79 Å². The van der Waals surface area contributed by atoms with Gasteiger partial charge in [-0.3, -0.25) is 0 Å². The first kappa shape index (κ1) is 11.7. The molecule has 0 fully saturated rings. The Balaban J connectivity index is 2.48. The van der Waals surface area contributed by atoms with Crippen LogP contribution in [-0.4, -0.2) is 7.11 Å². The average Bonchev–Trinajstić information content (AvgIpc) is 2.46. The van der Waals surface area contributed by atoms with Crippen molar-refractivity contribution < 1.29 is 9.15 Å². The molecular formula is C16H9BrO3. The molecule has 0 aliphatic rings. The lowest BCUT2D eigenvalue weighted by atomic mass is 9.97. The highest BCUT2D eigenvalue weighted by molar-refractivity contribution is 9.10. The van der Waals surface area contributed by atoms with E-state index in [0.29, 0.717) is 5.58 Å². The zero-order valence-electron chi connectivity index (χ0n) is 10.6. The summed E-state index contributed by atoms with van der Waals surface area (Å²) < 4.78 is 11.6. The van der Waals surface area contributed by atoms with Gasteiger partial charge in [0.2, 0.25) is 0 Å². The van der Waals surface area contributed by atoms with Gasteiger partial charge in [-0.15, -0.1) is 0 Å². The average molecular weight is 329 g/mol. The van der Waals surface area contributed by atoms with Crippen LogP contribution in [-0.2, 0) is 0 Å². The van der Waals surface area contributed by atoms with Crippen molar-refractivity contribution in [3.63, 3.8) is 0 Å². The fourth-order valence-corrected chi connectivity index (χ4v) is 3.53. The highest BCUT2D eigenvalue weighted by Crippen LogP contribution is 2.44. The van der Waals surface area contributed by atoms with Crippen LogP contribution in [0.3, 0.4) is 0 Å². The minimum Gasteiger partial charge on any atom is -0.495 e. The fraction of sp³-hybridized carbons (Fsp3) is 0.0625. The van der Waals surface area contributed by atoms with Crippen LogP contribution in [0.1, 0.15) is 0 Å².